The molecule has 0 saturated heterocycles. The zero-order chi connectivity index (χ0) is 18.5. The van der Waals surface area contributed by atoms with Crippen molar-refractivity contribution in [3.05, 3.63) is 88.3 Å². The second-order valence-electron chi connectivity index (χ2n) is 6.19. The van der Waals surface area contributed by atoms with Gasteiger partial charge in [0.25, 0.3) is 5.91 Å². The largest absolute Gasteiger partial charge is 0.465 e. The summed E-state index contributed by atoms with van der Waals surface area (Å²) in [4.78, 5) is 12.4. The van der Waals surface area contributed by atoms with Crippen molar-refractivity contribution in [3.63, 3.8) is 0 Å². The number of aryl methyl sites for hydroxylation is 1. The van der Waals surface area contributed by atoms with Gasteiger partial charge in [-0.3, -0.25) is 4.79 Å². The van der Waals surface area contributed by atoms with Crippen LogP contribution in [0.1, 0.15) is 40.4 Å². The second-order valence-corrected chi connectivity index (χ2v) is 6.59. The number of nitrogens with one attached hydrogen (secondary N) is 2. The molecule has 4 nitrogen and oxygen atoms in total. The van der Waals surface area contributed by atoms with Gasteiger partial charge in [-0.2, -0.15) is 0 Å². The van der Waals surface area contributed by atoms with E-state index in [1.165, 1.54) is 0 Å². The molecule has 0 aliphatic carbocycles. The van der Waals surface area contributed by atoms with E-state index in [0.717, 1.165) is 22.8 Å². The van der Waals surface area contributed by atoms with Gasteiger partial charge in [0.1, 0.15) is 11.5 Å². The summed E-state index contributed by atoms with van der Waals surface area (Å²) in [7, 11) is 0. The number of hydrogen-bond donors (Lipinski definition) is 2. The third kappa shape index (κ3) is 4.54. The van der Waals surface area contributed by atoms with Crippen LogP contribution in [0.25, 0.3) is 0 Å². The molecule has 0 aliphatic rings. The molecule has 134 valence electrons. The van der Waals surface area contributed by atoms with E-state index in [9.17, 15) is 4.79 Å². The zero-order valence-corrected chi connectivity index (χ0v) is 15.5. The van der Waals surface area contributed by atoms with E-state index in [0.29, 0.717) is 17.1 Å². The van der Waals surface area contributed by atoms with E-state index in [-0.39, 0.29) is 11.9 Å². The van der Waals surface area contributed by atoms with Crippen molar-refractivity contribution in [1.82, 2.24) is 5.32 Å². The molecule has 26 heavy (non-hydrogen) atoms. The lowest BCUT2D eigenvalue weighted by Crippen LogP contribution is -2.18. The number of anilines is 1. The van der Waals surface area contributed by atoms with E-state index in [4.69, 9.17) is 16.0 Å². The third-order valence-corrected chi connectivity index (χ3v) is 4.43. The summed E-state index contributed by atoms with van der Waals surface area (Å²) in [6.45, 7) is 4.65. The molecule has 3 aromatic rings. The highest BCUT2D eigenvalue weighted by molar-refractivity contribution is 6.34. The molecule has 0 aliphatic heterocycles. The summed E-state index contributed by atoms with van der Waals surface area (Å²) in [5.41, 5.74) is 2.26. The monoisotopic (exact) mass is 368 g/mol. The predicted octanol–water partition coefficient (Wildman–Crippen LogP) is 5.34. The first-order valence-corrected chi connectivity index (χ1v) is 8.85. The Labute approximate surface area is 158 Å². The fourth-order valence-electron chi connectivity index (χ4n) is 2.66. The van der Waals surface area contributed by atoms with Crippen LogP contribution in [-0.2, 0) is 6.54 Å². The van der Waals surface area contributed by atoms with Crippen LogP contribution in [0.15, 0.2) is 65.1 Å². The number of carbonyl (C=O) groups excluding carboxylic acids is 1. The van der Waals surface area contributed by atoms with Crippen molar-refractivity contribution in [1.29, 1.82) is 0 Å². The first-order chi connectivity index (χ1) is 12.5. The van der Waals surface area contributed by atoms with Crippen LogP contribution in [0.3, 0.4) is 0 Å². The van der Waals surface area contributed by atoms with E-state index < -0.39 is 0 Å². The minimum atomic E-state index is -0.222. The van der Waals surface area contributed by atoms with Gasteiger partial charge < -0.3 is 15.1 Å². The van der Waals surface area contributed by atoms with Gasteiger partial charge in [-0.05, 0) is 55.8 Å². The van der Waals surface area contributed by atoms with Gasteiger partial charge in [0.2, 0.25) is 0 Å². The molecule has 1 amide bonds. The smallest absolute Gasteiger partial charge is 0.257 e. The zero-order valence-electron chi connectivity index (χ0n) is 14.8. The lowest BCUT2D eigenvalue weighted by Gasteiger charge is -2.13. The maximum Gasteiger partial charge on any atom is 0.257 e. The quantitative estimate of drug-likeness (QED) is 0.617. The average Bonchev–Trinajstić information content (AvgIpc) is 3.07. The Balaban J connectivity index is 1.63. The average molecular weight is 369 g/mol. The molecule has 2 N–H and O–H groups in total. The Morgan fingerprint density at radius 1 is 1.12 bits per heavy atom. The van der Waals surface area contributed by atoms with Crippen molar-refractivity contribution >= 4 is 23.2 Å². The Kier molecular flexibility index (Phi) is 5.76. The highest BCUT2D eigenvalue weighted by Crippen LogP contribution is 2.19. The summed E-state index contributed by atoms with van der Waals surface area (Å²) in [5.74, 6) is 1.59. The normalized spacial score (nSPS) is 12.0. The van der Waals surface area contributed by atoms with Crippen LogP contribution in [-0.4, -0.2) is 5.91 Å². The van der Waals surface area contributed by atoms with Gasteiger partial charge in [-0.15, -0.1) is 0 Å². The summed E-state index contributed by atoms with van der Waals surface area (Å²) < 4.78 is 5.64. The molecule has 2 aromatic carbocycles. The van der Waals surface area contributed by atoms with Gasteiger partial charge in [-0.1, -0.05) is 35.9 Å². The molecule has 0 fully saturated rings. The molecule has 0 spiro atoms. The molecule has 0 bridgehead atoms. The molecule has 0 radical (unpaired) electrons. The van der Waals surface area contributed by atoms with Gasteiger partial charge in [0.15, 0.2) is 0 Å². The van der Waals surface area contributed by atoms with Crippen LogP contribution in [0.4, 0.5) is 5.69 Å². The van der Waals surface area contributed by atoms with Gasteiger partial charge >= 0.3 is 0 Å². The molecule has 5 heteroatoms. The van der Waals surface area contributed by atoms with Crippen molar-refractivity contribution in [2.24, 2.45) is 0 Å². The van der Waals surface area contributed by atoms with Crippen molar-refractivity contribution < 1.29 is 9.21 Å². The minimum absolute atomic E-state index is 0.102. The lowest BCUT2D eigenvalue weighted by molar-refractivity contribution is 0.102. The van der Waals surface area contributed by atoms with Crippen molar-refractivity contribution in [2.45, 2.75) is 26.4 Å². The van der Waals surface area contributed by atoms with E-state index >= 15 is 0 Å². The Hall–Kier alpha value is -2.56. The molecule has 1 unspecified atom stereocenters. The number of rotatable bonds is 6. The molecule has 0 saturated carbocycles. The maximum atomic E-state index is 12.4. The number of hydrogen-bond acceptors (Lipinski definition) is 3. The fraction of sp³-hybridized carbons (Fsp3) is 0.190. The number of benzene rings is 2. The topological polar surface area (TPSA) is 54.3 Å². The molecular formula is C21H21ClN2O2. The van der Waals surface area contributed by atoms with Gasteiger partial charge in [0.05, 0.1) is 16.6 Å². The minimum Gasteiger partial charge on any atom is -0.465 e. The standard InChI is InChI=1S/C21H21ClN2O2/c1-14-10-11-20(26-14)15(2)23-13-16-6-5-7-17(12-16)24-21(25)18-8-3-4-9-19(18)22/h3-12,15,23H,13H2,1-2H3,(H,24,25). The summed E-state index contributed by atoms with van der Waals surface area (Å²) >= 11 is 6.08. The molecule has 3 rings (SSSR count). The Bertz CT molecular complexity index is 904. The van der Waals surface area contributed by atoms with Crippen LogP contribution in [0, 0.1) is 6.92 Å². The lowest BCUT2D eigenvalue weighted by atomic mass is 10.1. The van der Waals surface area contributed by atoms with Crippen molar-refractivity contribution in [2.75, 3.05) is 5.32 Å². The molecule has 1 heterocycles. The Morgan fingerprint density at radius 2 is 1.92 bits per heavy atom. The highest BCUT2D eigenvalue weighted by Gasteiger charge is 2.11. The highest BCUT2D eigenvalue weighted by atomic mass is 35.5. The molecular weight excluding hydrogens is 348 g/mol. The molecule has 1 atom stereocenters. The first kappa shape index (κ1) is 18.2. The SMILES string of the molecule is Cc1ccc(C(C)NCc2cccc(NC(=O)c3ccccc3Cl)c2)o1. The summed E-state index contributed by atoms with van der Waals surface area (Å²) in [5, 5.41) is 6.75. The van der Waals surface area contributed by atoms with Crippen LogP contribution in [0.5, 0.6) is 0 Å². The maximum absolute atomic E-state index is 12.4. The van der Waals surface area contributed by atoms with E-state index in [1.807, 2.05) is 43.3 Å². The van der Waals surface area contributed by atoms with E-state index in [1.54, 1.807) is 24.3 Å². The second kappa shape index (κ2) is 8.21. The fourth-order valence-corrected chi connectivity index (χ4v) is 2.88. The summed E-state index contributed by atoms with van der Waals surface area (Å²) in [6.07, 6.45) is 0. The Morgan fingerprint density at radius 3 is 2.65 bits per heavy atom. The number of carbonyl (C=O) groups is 1. The third-order valence-electron chi connectivity index (χ3n) is 4.10. The van der Waals surface area contributed by atoms with Crippen molar-refractivity contribution in [3.8, 4) is 0 Å². The first-order valence-electron chi connectivity index (χ1n) is 8.47. The van der Waals surface area contributed by atoms with E-state index in [2.05, 4.69) is 17.6 Å². The van der Waals surface area contributed by atoms with Gasteiger partial charge in [0, 0.05) is 12.2 Å². The van der Waals surface area contributed by atoms with Crippen LogP contribution in [0.2, 0.25) is 5.02 Å². The number of halogens is 1. The number of furan rings is 1. The summed E-state index contributed by atoms with van der Waals surface area (Å²) in [6, 6.07) is 18.8. The number of amides is 1. The van der Waals surface area contributed by atoms with Crippen LogP contribution < -0.4 is 10.6 Å². The predicted molar refractivity (Wildman–Crippen MR) is 105 cm³/mol. The van der Waals surface area contributed by atoms with Gasteiger partial charge in [-0.25, -0.2) is 0 Å². The molecule has 1 aromatic heterocycles. The van der Waals surface area contributed by atoms with Crippen LogP contribution >= 0.6 is 11.6 Å².